The summed E-state index contributed by atoms with van der Waals surface area (Å²) >= 11 is 5.53. The van der Waals surface area contributed by atoms with Gasteiger partial charge < -0.3 is 19.9 Å². The van der Waals surface area contributed by atoms with Crippen LogP contribution in [0.4, 0.5) is 11.5 Å². The number of rotatable bonds is 3. The number of esters is 1. The maximum absolute atomic E-state index is 11.5. The number of ether oxygens (including phenoxy) is 1. The van der Waals surface area contributed by atoms with Gasteiger partial charge in [-0.15, -0.1) is 0 Å². The van der Waals surface area contributed by atoms with E-state index in [0.29, 0.717) is 10.7 Å². The lowest BCUT2D eigenvalue weighted by atomic mass is 10.2. The van der Waals surface area contributed by atoms with E-state index in [4.69, 9.17) is 17.0 Å². The fraction of sp³-hybridized carbons (Fsp3) is 0.316. The van der Waals surface area contributed by atoms with E-state index >= 15 is 0 Å². The molecule has 0 unspecified atom stereocenters. The highest BCUT2D eigenvalue weighted by Gasteiger charge is 2.20. The number of methoxy groups -OCH3 is 1. The van der Waals surface area contributed by atoms with Crippen LogP contribution in [-0.4, -0.2) is 54.3 Å². The van der Waals surface area contributed by atoms with Crippen LogP contribution in [0.25, 0.3) is 0 Å². The molecule has 2 heterocycles. The van der Waals surface area contributed by atoms with Crippen molar-refractivity contribution >= 4 is 34.8 Å². The van der Waals surface area contributed by atoms with E-state index in [2.05, 4.69) is 20.1 Å². The highest BCUT2D eigenvalue weighted by Crippen LogP contribution is 2.16. The first-order valence-corrected chi connectivity index (χ1v) is 8.90. The molecular formula is C19H22N4O2S. The highest BCUT2D eigenvalue weighted by molar-refractivity contribution is 7.80. The average Bonchev–Trinajstić information content (AvgIpc) is 2.68. The summed E-state index contributed by atoms with van der Waals surface area (Å²) in [5.41, 5.74) is 2.39. The molecule has 0 spiro atoms. The number of hydrogen-bond donors (Lipinski definition) is 1. The van der Waals surface area contributed by atoms with Crippen molar-refractivity contribution < 1.29 is 9.53 Å². The van der Waals surface area contributed by atoms with Gasteiger partial charge in [0.05, 0.1) is 12.7 Å². The largest absolute Gasteiger partial charge is 0.465 e. The second kappa shape index (κ2) is 8.14. The van der Waals surface area contributed by atoms with Gasteiger partial charge in [-0.1, -0.05) is 6.07 Å². The number of thiocarbonyl (C=S) groups is 1. The summed E-state index contributed by atoms with van der Waals surface area (Å²) in [6.07, 6.45) is 0. The van der Waals surface area contributed by atoms with E-state index < -0.39 is 0 Å². The molecule has 7 heteroatoms. The Hall–Kier alpha value is -2.67. The minimum Gasteiger partial charge on any atom is -0.465 e. The number of nitrogens with zero attached hydrogens (tertiary/aromatic N) is 3. The molecule has 0 saturated carbocycles. The van der Waals surface area contributed by atoms with Gasteiger partial charge in [-0.2, -0.15) is 0 Å². The van der Waals surface area contributed by atoms with Crippen molar-refractivity contribution in [1.82, 2.24) is 9.88 Å². The number of carbonyl (C=O) groups is 1. The van der Waals surface area contributed by atoms with E-state index in [-0.39, 0.29) is 5.97 Å². The SMILES string of the molecule is COC(=O)c1ccc(NC(=S)N2CCN(c3cccc(C)n3)CC2)cc1. The van der Waals surface area contributed by atoms with Crippen molar-refractivity contribution in [3.63, 3.8) is 0 Å². The van der Waals surface area contributed by atoms with Gasteiger partial charge in [0, 0.05) is 37.6 Å². The van der Waals surface area contributed by atoms with Crippen LogP contribution in [0.2, 0.25) is 0 Å². The zero-order valence-corrected chi connectivity index (χ0v) is 15.8. The summed E-state index contributed by atoms with van der Waals surface area (Å²) in [5, 5.41) is 3.92. The van der Waals surface area contributed by atoms with Crippen LogP contribution in [0.15, 0.2) is 42.5 Å². The molecule has 0 radical (unpaired) electrons. The smallest absolute Gasteiger partial charge is 0.337 e. The molecule has 0 bridgehead atoms. The number of aryl methyl sites for hydroxylation is 1. The molecule has 1 saturated heterocycles. The number of benzene rings is 1. The number of carbonyl (C=O) groups excluding carboxylic acids is 1. The average molecular weight is 370 g/mol. The van der Waals surface area contributed by atoms with Crippen molar-refractivity contribution in [2.24, 2.45) is 0 Å². The molecule has 1 aliphatic rings. The number of pyridine rings is 1. The van der Waals surface area contributed by atoms with Crippen LogP contribution in [0, 0.1) is 6.92 Å². The summed E-state index contributed by atoms with van der Waals surface area (Å²) in [6.45, 7) is 5.42. The molecule has 1 fully saturated rings. The zero-order valence-electron chi connectivity index (χ0n) is 14.9. The summed E-state index contributed by atoms with van der Waals surface area (Å²) in [7, 11) is 1.37. The fourth-order valence-electron chi connectivity index (χ4n) is 2.85. The van der Waals surface area contributed by atoms with Gasteiger partial charge in [0.15, 0.2) is 5.11 Å². The number of anilines is 2. The van der Waals surface area contributed by atoms with Gasteiger partial charge >= 0.3 is 5.97 Å². The number of piperazine rings is 1. The number of hydrogen-bond acceptors (Lipinski definition) is 5. The lowest BCUT2D eigenvalue weighted by Crippen LogP contribution is -2.50. The Morgan fingerprint density at radius 1 is 1.12 bits per heavy atom. The normalized spacial score (nSPS) is 14.1. The van der Waals surface area contributed by atoms with E-state index in [0.717, 1.165) is 43.4 Å². The predicted octanol–water partition coefficient (Wildman–Crippen LogP) is 2.70. The molecule has 1 N–H and O–H groups in total. The standard InChI is InChI=1S/C19H22N4O2S/c1-14-4-3-5-17(20-14)22-10-12-23(13-11-22)19(26)21-16-8-6-15(7-9-16)18(24)25-2/h3-9H,10-13H2,1-2H3,(H,21,26). The van der Waals surface area contributed by atoms with Crippen molar-refractivity contribution in [3.8, 4) is 0 Å². The minimum absolute atomic E-state index is 0.347. The topological polar surface area (TPSA) is 57.7 Å². The predicted molar refractivity (Wildman–Crippen MR) is 107 cm³/mol. The van der Waals surface area contributed by atoms with Crippen molar-refractivity contribution in [3.05, 3.63) is 53.7 Å². The van der Waals surface area contributed by atoms with Crippen molar-refractivity contribution in [1.29, 1.82) is 0 Å². The van der Waals surface area contributed by atoms with Gasteiger partial charge in [0.25, 0.3) is 0 Å². The maximum Gasteiger partial charge on any atom is 0.337 e. The van der Waals surface area contributed by atoms with Crippen LogP contribution < -0.4 is 10.2 Å². The van der Waals surface area contributed by atoms with Crippen molar-refractivity contribution in [2.45, 2.75) is 6.92 Å². The van der Waals surface area contributed by atoms with Crippen molar-refractivity contribution in [2.75, 3.05) is 43.5 Å². The quantitative estimate of drug-likeness (QED) is 0.658. The van der Waals surface area contributed by atoms with Gasteiger partial charge in [-0.05, 0) is 55.5 Å². The number of aromatic nitrogens is 1. The van der Waals surface area contributed by atoms with Gasteiger partial charge in [-0.3, -0.25) is 0 Å². The van der Waals surface area contributed by atoms with E-state index in [1.807, 2.05) is 37.3 Å². The van der Waals surface area contributed by atoms with Gasteiger partial charge in [-0.25, -0.2) is 9.78 Å². The summed E-state index contributed by atoms with van der Waals surface area (Å²) in [6, 6.07) is 13.2. The molecule has 0 amide bonds. The highest BCUT2D eigenvalue weighted by atomic mass is 32.1. The summed E-state index contributed by atoms with van der Waals surface area (Å²) < 4.78 is 4.70. The molecule has 1 aromatic carbocycles. The Kier molecular flexibility index (Phi) is 5.68. The van der Waals surface area contributed by atoms with Gasteiger partial charge in [0.2, 0.25) is 0 Å². The Balaban J connectivity index is 1.54. The van der Waals surface area contributed by atoms with E-state index in [1.54, 1.807) is 12.1 Å². The Morgan fingerprint density at radius 3 is 2.42 bits per heavy atom. The second-order valence-electron chi connectivity index (χ2n) is 6.11. The first-order valence-electron chi connectivity index (χ1n) is 8.50. The summed E-state index contributed by atoms with van der Waals surface area (Å²) in [5.74, 6) is 0.668. The Labute approximate surface area is 158 Å². The molecule has 26 heavy (non-hydrogen) atoms. The third-order valence-electron chi connectivity index (χ3n) is 4.32. The minimum atomic E-state index is -0.347. The summed E-state index contributed by atoms with van der Waals surface area (Å²) in [4.78, 5) is 20.5. The second-order valence-corrected chi connectivity index (χ2v) is 6.50. The number of nitrogens with one attached hydrogen (secondary N) is 1. The molecule has 136 valence electrons. The molecular weight excluding hydrogens is 348 g/mol. The molecule has 2 aromatic rings. The molecule has 1 aromatic heterocycles. The zero-order chi connectivity index (χ0) is 18.5. The monoisotopic (exact) mass is 370 g/mol. The Morgan fingerprint density at radius 2 is 1.81 bits per heavy atom. The first-order chi connectivity index (χ1) is 12.6. The van der Waals surface area contributed by atoms with E-state index in [9.17, 15) is 4.79 Å². The van der Waals surface area contributed by atoms with Crippen LogP contribution in [0.5, 0.6) is 0 Å². The van der Waals surface area contributed by atoms with Crippen LogP contribution in [0.3, 0.4) is 0 Å². The van der Waals surface area contributed by atoms with Crippen LogP contribution in [-0.2, 0) is 4.74 Å². The molecule has 6 nitrogen and oxygen atoms in total. The lowest BCUT2D eigenvalue weighted by molar-refractivity contribution is 0.0601. The van der Waals surface area contributed by atoms with E-state index in [1.165, 1.54) is 7.11 Å². The molecule has 1 aliphatic heterocycles. The lowest BCUT2D eigenvalue weighted by Gasteiger charge is -2.36. The Bertz CT molecular complexity index is 786. The van der Waals surface area contributed by atoms with Gasteiger partial charge in [0.1, 0.15) is 5.82 Å². The maximum atomic E-state index is 11.5. The molecule has 0 atom stereocenters. The van der Waals surface area contributed by atoms with Crippen LogP contribution >= 0.6 is 12.2 Å². The first kappa shape index (κ1) is 18.1. The third-order valence-corrected chi connectivity index (χ3v) is 4.68. The molecule has 0 aliphatic carbocycles. The fourth-order valence-corrected chi connectivity index (χ4v) is 3.15. The third kappa shape index (κ3) is 4.29. The van der Waals surface area contributed by atoms with Crippen LogP contribution in [0.1, 0.15) is 16.1 Å². The molecule has 3 rings (SSSR count).